The van der Waals surface area contributed by atoms with E-state index >= 15 is 0 Å². The SMILES string of the molecule is COc1ccc(-c2cnc(-c3nc4ccc(C)cn4c(=O)c3O)o2)cc1. The van der Waals surface area contributed by atoms with Crippen molar-refractivity contribution in [3.63, 3.8) is 0 Å². The Bertz CT molecular complexity index is 1160. The van der Waals surface area contributed by atoms with Crippen LogP contribution in [0.2, 0.25) is 0 Å². The summed E-state index contributed by atoms with van der Waals surface area (Å²) in [6, 6.07) is 10.8. The van der Waals surface area contributed by atoms with Gasteiger partial charge in [-0.1, -0.05) is 6.07 Å². The smallest absolute Gasteiger partial charge is 0.300 e. The van der Waals surface area contributed by atoms with Crippen molar-refractivity contribution in [3.8, 4) is 34.4 Å². The maximum atomic E-state index is 12.4. The maximum Gasteiger partial charge on any atom is 0.300 e. The van der Waals surface area contributed by atoms with Gasteiger partial charge in [-0.3, -0.25) is 9.20 Å². The molecule has 0 bridgehead atoms. The predicted molar refractivity (Wildman–Crippen MR) is 95.3 cm³/mol. The summed E-state index contributed by atoms with van der Waals surface area (Å²) in [7, 11) is 1.59. The molecular formula is C19H15N3O4. The van der Waals surface area contributed by atoms with Gasteiger partial charge in [-0.25, -0.2) is 9.97 Å². The molecule has 0 radical (unpaired) electrons. The summed E-state index contributed by atoms with van der Waals surface area (Å²) in [5.74, 6) is 0.795. The van der Waals surface area contributed by atoms with Crippen LogP contribution in [-0.2, 0) is 0 Å². The Kier molecular flexibility index (Phi) is 3.69. The molecule has 7 nitrogen and oxygen atoms in total. The van der Waals surface area contributed by atoms with Gasteiger partial charge in [-0.2, -0.15) is 0 Å². The summed E-state index contributed by atoms with van der Waals surface area (Å²) in [4.78, 5) is 20.9. The zero-order valence-corrected chi connectivity index (χ0v) is 14.1. The molecule has 1 aromatic carbocycles. The van der Waals surface area contributed by atoms with Crippen LogP contribution in [0.15, 0.2) is 58.0 Å². The average molecular weight is 349 g/mol. The molecule has 0 aliphatic rings. The van der Waals surface area contributed by atoms with Crippen LogP contribution in [0.4, 0.5) is 0 Å². The number of pyridine rings is 1. The number of methoxy groups -OCH3 is 1. The van der Waals surface area contributed by atoms with E-state index in [-0.39, 0.29) is 11.6 Å². The molecular weight excluding hydrogens is 334 g/mol. The maximum absolute atomic E-state index is 12.4. The molecule has 26 heavy (non-hydrogen) atoms. The molecule has 0 aliphatic heterocycles. The molecule has 130 valence electrons. The van der Waals surface area contributed by atoms with E-state index in [1.165, 1.54) is 10.6 Å². The first-order valence-corrected chi connectivity index (χ1v) is 7.89. The summed E-state index contributed by atoms with van der Waals surface area (Å²) in [6.45, 7) is 1.85. The summed E-state index contributed by atoms with van der Waals surface area (Å²) < 4.78 is 12.1. The number of aryl methyl sites for hydroxylation is 1. The van der Waals surface area contributed by atoms with Crippen LogP contribution in [0.3, 0.4) is 0 Å². The van der Waals surface area contributed by atoms with Gasteiger partial charge in [-0.15, -0.1) is 0 Å². The van der Waals surface area contributed by atoms with Crippen molar-refractivity contribution >= 4 is 5.65 Å². The van der Waals surface area contributed by atoms with Gasteiger partial charge in [0.25, 0.3) is 0 Å². The third-order valence-corrected chi connectivity index (χ3v) is 4.03. The standard InChI is InChI=1S/C19H15N3O4/c1-11-3-8-15-21-16(17(23)19(24)22(15)10-11)18-20-9-14(26-18)12-4-6-13(25-2)7-5-12/h3-10,23H,1-2H3. The summed E-state index contributed by atoms with van der Waals surface area (Å²) in [5.41, 5.74) is 1.51. The van der Waals surface area contributed by atoms with Crippen molar-refractivity contribution in [3.05, 3.63) is 64.7 Å². The lowest BCUT2D eigenvalue weighted by molar-refractivity contribution is 0.415. The number of benzene rings is 1. The van der Waals surface area contributed by atoms with Crippen LogP contribution < -0.4 is 10.3 Å². The van der Waals surface area contributed by atoms with Crippen molar-refractivity contribution in [2.45, 2.75) is 6.92 Å². The number of rotatable bonds is 3. The quantitative estimate of drug-likeness (QED) is 0.611. The Morgan fingerprint density at radius 2 is 1.92 bits per heavy atom. The number of hydrogen-bond donors (Lipinski definition) is 1. The van der Waals surface area contributed by atoms with Crippen LogP contribution in [0.5, 0.6) is 11.5 Å². The number of oxazole rings is 1. The fourth-order valence-electron chi connectivity index (χ4n) is 2.66. The second-order valence-electron chi connectivity index (χ2n) is 5.81. The van der Waals surface area contributed by atoms with Crippen molar-refractivity contribution < 1.29 is 14.3 Å². The van der Waals surface area contributed by atoms with Gasteiger partial charge in [0, 0.05) is 11.8 Å². The monoisotopic (exact) mass is 349 g/mol. The Balaban J connectivity index is 1.81. The Morgan fingerprint density at radius 1 is 1.15 bits per heavy atom. The normalized spacial score (nSPS) is 11.0. The van der Waals surface area contributed by atoms with Crippen LogP contribution >= 0.6 is 0 Å². The molecule has 1 N–H and O–H groups in total. The number of ether oxygens (including phenoxy) is 1. The average Bonchev–Trinajstić information content (AvgIpc) is 3.15. The molecule has 0 saturated heterocycles. The zero-order valence-electron chi connectivity index (χ0n) is 14.1. The third kappa shape index (κ3) is 2.59. The van der Waals surface area contributed by atoms with E-state index in [0.717, 1.165) is 16.9 Å². The van der Waals surface area contributed by atoms with E-state index < -0.39 is 11.3 Å². The van der Waals surface area contributed by atoms with E-state index in [1.54, 1.807) is 31.5 Å². The lowest BCUT2D eigenvalue weighted by Gasteiger charge is -2.05. The number of nitrogens with zero attached hydrogens (tertiary/aromatic N) is 3. The van der Waals surface area contributed by atoms with Gasteiger partial charge in [0.2, 0.25) is 11.6 Å². The highest BCUT2D eigenvalue weighted by atomic mass is 16.5. The molecule has 4 rings (SSSR count). The van der Waals surface area contributed by atoms with E-state index in [0.29, 0.717) is 11.4 Å². The lowest BCUT2D eigenvalue weighted by atomic mass is 10.2. The summed E-state index contributed by atoms with van der Waals surface area (Å²) >= 11 is 0. The minimum Gasteiger partial charge on any atom is -0.501 e. The molecule has 0 unspecified atom stereocenters. The number of aromatic nitrogens is 3. The van der Waals surface area contributed by atoms with Crippen LogP contribution in [0.25, 0.3) is 28.6 Å². The first-order valence-electron chi connectivity index (χ1n) is 7.89. The highest BCUT2D eigenvalue weighted by Gasteiger charge is 2.18. The van der Waals surface area contributed by atoms with E-state index in [2.05, 4.69) is 9.97 Å². The number of fused-ring (bicyclic) bond motifs is 1. The highest BCUT2D eigenvalue weighted by Crippen LogP contribution is 2.29. The lowest BCUT2D eigenvalue weighted by Crippen LogP contribution is -2.15. The van der Waals surface area contributed by atoms with Crippen LogP contribution in [-0.4, -0.2) is 26.6 Å². The second kappa shape index (κ2) is 6.03. The molecule has 0 atom stereocenters. The van der Waals surface area contributed by atoms with Gasteiger partial charge in [0.05, 0.1) is 13.3 Å². The van der Waals surface area contributed by atoms with Crippen LogP contribution in [0, 0.1) is 6.92 Å². The highest BCUT2D eigenvalue weighted by molar-refractivity contribution is 5.64. The largest absolute Gasteiger partial charge is 0.501 e. The molecule has 0 fully saturated rings. The summed E-state index contributed by atoms with van der Waals surface area (Å²) in [6.07, 6.45) is 3.14. The molecule has 0 saturated carbocycles. The van der Waals surface area contributed by atoms with Gasteiger partial charge in [-0.05, 0) is 42.8 Å². The third-order valence-electron chi connectivity index (χ3n) is 4.03. The van der Waals surface area contributed by atoms with Crippen molar-refractivity contribution in [2.75, 3.05) is 7.11 Å². The van der Waals surface area contributed by atoms with E-state index in [9.17, 15) is 9.90 Å². The summed E-state index contributed by atoms with van der Waals surface area (Å²) in [5, 5.41) is 10.3. The van der Waals surface area contributed by atoms with Crippen LogP contribution in [0.1, 0.15) is 5.56 Å². The topological polar surface area (TPSA) is 89.9 Å². The van der Waals surface area contributed by atoms with Crippen molar-refractivity contribution in [1.29, 1.82) is 0 Å². The molecule has 0 spiro atoms. The van der Waals surface area contributed by atoms with Gasteiger partial charge in [0.1, 0.15) is 11.4 Å². The molecule has 7 heteroatoms. The molecule has 0 aliphatic carbocycles. The first-order chi connectivity index (χ1) is 12.6. The molecule has 3 heterocycles. The number of aromatic hydroxyl groups is 1. The minimum atomic E-state index is -0.571. The Hall–Kier alpha value is -3.61. The van der Waals surface area contributed by atoms with Gasteiger partial charge in [0.15, 0.2) is 11.5 Å². The van der Waals surface area contributed by atoms with Gasteiger partial charge >= 0.3 is 5.56 Å². The zero-order chi connectivity index (χ0) is 18.3. The van der Waals surface area contributed by atoms with E-state index in [4.69, 9.17) is 9.15 Å². The number of hydrogen-bond acceptors (Lipinski definition) is 6. The predicted octanol–water partition coefficient (Wildman–Crippen LogP) is 3.04. The van der Waals surface area contributed by atoms with Gasteiger partial charge < -0.3 is 14.3 Å². The van der Waals surface area contributed by atoms with Crippen molar-refractivity contribution in [2.24, 2.45) is 0 Å². The molecule has 0 amide bonds. The van der Waals surface area contributed by atoms with Crippen molar-refractivity contribution in [1.82, 2.24) is 14.4 Å². The second-order valence-corrected chi connectivity index (χ2v) is 5.81. The molecule has 4 aromatic rings. The Morgan fingerprint density at radius 3 is 2.65 bits per heavy atom. The minimum absolute atomic E-state index is 0.0126. The van der Waals surface area contributed by atoms with E-state index in [1.807, 2.05) is 25.1 Å². The first kappa shape index (κ1) is 15.9. The fourth-order valence-corrected chi connectivity index (χ4v) is 2.66. The molecule has 3 aromatic heterocycles. The fraction of sp³-hybridized carbons (Fsp3) is 0.105. The Labute approximate surface area is 148 Å².